The highest BCUT2D eigenvalue weighted by molar-refractivity contribution is 5.91. The molecule has 1 aromatic heterocycles. The molecule has 1 unspecified atom stereocenters. The minimum absolute atomic E-state index is 0.00902. The third-order valence-electron chi connectivity index (χ3n) is 3.31. The number of carbonyl (C=O) groups is 1. The summed E-state index contributed by atoms with van der Waals surface area (Å²) in [7, 11) is 0. The van der Waals surface area contributed by atoms with Crippen molar-refractivity contribution in [2.24, 2.45) is 5.73 Å². The monoisotopic (exact) mass is 248 g/mol. The highest BCUT2D eigenvalue weighted by atomic mass is 16.1. The Morgan fingerprint density at radius 2 is 2.39 bits per heavy atom. The van der Waals surface area contributed by atoms with E-state index in [1.807, 2.05) is 12.1 Å². The number of carbonyl (C=O) groups excluding carboxylic acids is 1. The lowest BCUT2D eigenvalue weighted by molar-refractivity contribution is -0.114. The Labute approximate surface area is 107 Å². The molecule has 1 aliphatic heterocycles. The summed E-state index contributed by atoms with van der Waals surface area (Å²) in [6.45, 7) is 3.28. The molecule has 2 rings (SSSR count). The molecule has 18 heavy (non-hydrogen) atoms. The quantitative estimate of drug-likeness (QED) is 0.847. The number of nitrogens with one attached hydrogen (secondary N) is 1. The SMILES string of the molecule is CC1CCCCN1c1ccc(NC(=O)CN)cn1. The first kappa shape index (κ1) is 12.8. The molecule has 1 amide bonds. The summed E-state index contributed by atoms with van der Waals surface area (Å²) in [5.74, 6) is 0.781. The molecule has 0 aliphatic carbocycles. The average molecular weight is 248 g/mol. The van der Waals surface area contributed by atoms with Crippen LogP contribution in [0.3, 0.4) is 0 Å². The average Bonchev–Trinajstić information content (AvgIpc) is 2.40. The number of hydrogen-bond donors (Lipinski definition) is 2. The number of hydrogen-bond acceptors (Lipinski definition) is 4. The normalized spacial score (nSPS) is 19.7. The first-order valence-electron chi connectivity index (χ1n) is 6.43. The van der Waals surface area contributed by atoms with Crippen LogP contribution in [-0.4, -0.2) is 30.0 Å². The van der Waals surface area contributed by atoms with Crippen LogP contribution >= 0.6 is 0 Å². The Hall–Kier alpha value is -1.62. The van der Waals surface area contributed by atoms with Gasteiger partial charge in [-0.25, -0.2) is 4.98 Å². The van der Waals surface area contributed by atoms with E-state index < -0.39 is 0 Å². The van der Waals surface area contributed by atoms with Gasteiger partial charge in [-0.05, 0) is 38.3 Å². The summed E-state index contributed by atoms with van der Waals surface area (Å²) in [4.78, 5) is 17.9. The highest BCUT2D eigenvalue weighted by Gasteiger charge is 2.19. The molecule has 0 spiro atoms. The van der Waals surface area contributed by atoms with Gasteiger partial charge < -0.3 is 16.0 Å². The van der Waals surface area contributed by atoms with Gasteiger partial charge in [0.25, 0.3) is 0 Å². The van der Waals surface area contributed by atoms with Crippen molar-refractivity contribution in [3.63, 3.8) is 0 Å². The third-order valence-corrected chi connectivity index (χ3v) is 3.31. The van der Waals surface area contributed by atoms with Gasteiger partial charge in [0.15, 0.2) is 0 Å². The topological polar surface area (TPSA) is 71.2 Å². The number of rotatable bonds is 3. The Kier molecular flexibility index (Phi) is 4.15. The van der Waals surface area contributed by atoms with E-state index in [2.05, 4.69) is 22.1 Å². The second-order valence-corrected chi connectivity index (χ2v) is 4.70. The van der Waals surface area contributed by atoms with E-state index in [-0.39, 0.29) is 12.5 Å². The zero-order chi connectivity index (χ0) is 13.0. The van der Waals surface area contributed by atoms with Gasteiger partial charge >= 0.3 is 0 Å². The fourth-order valence-corrected chi connectivity index (χ4v) is 2.28. The van der Waals surface area contributed by atoms with E-state index in [1.165, 1.54) is 19.3 Å². The lowest BCUT2D eigenvalue weighted by Crippen LogP contribution is -2.37. The van der Waals surface area contributed by atoms with Crippen LogP contribution in [0.1, 0.15) is 26.2 Å². The van der Waals surface area contributed by atoms with Crippen LogP contribution in [0.5, 0.6) is 0 Å². The van der Waals surface area contributed by atoms with Crippen molar-refractivity contribution >= 4 is 17.4 Å². The fraction of sp³-hybridized carbons (Fsp3) is 0.538. The van der Waals surface area contributed by atoms with Crippen molar-refractivity contribution in [2.75, 3.05) is 23.3 Å². The smallest absolute Gasteiger partial charge is 0.238 e. The second kappa shape index (κ2) is 5.82. The van der Waals surface area contributed by atoms with Crippen molar-refractivity contribution in [1.82, 2.24) is 4.98 Å². The lowest BCUT2D eigenvalue weighted by Gasteiger charge is -2.34. The largest absolute Gasteiger partial charge is 0.354 e. The van der Waals surface area contributed by atoms with Gasteiger partial charge in [-0.3, -0.25) is 4.79 Å². The molecule has 3 N–H and O–H groups in total. The van der Waals surface area contributed by atoms with Crippen LogP contribution < -0.4 is 16.0 Å². The van der Waals surface area contributed by atoms with E-state index in [4.69, 9.17) is 5.73 Å². The molecule has 98 valence electrons. The molecule has 1 atom stereocenters. The summed E-state index contributed by atoms with van der Waals surface area (Å²) in [6, 6.07) is 4.36. The van der Waals surface area contributed by atoms with E-state index >= 15 is 0 Å². The first-order chi connectivity index (χ1) is 8.70. The minimum Gasteiger partial charge on any atom is -0.354 e. The molecule has 5 heteroatoms. The Morgan fingerprint density at radius 3 is 3.00 bits per heavy atom. The summed E-state index contributed by atoms with van der Waals surface area (Å²) in [5.41, 5.74) is 5.94. The number of piperidine rings is 1. The standard InChI is InChI=1S/C13H20N4O/c1-10-4-2-3-7-17(10)12-6-5-11(9-15-12)16-13(18)8-14/h5-6,9-10H,2-4,7-8,14H2,1H3,(H,16,18). The van der Waals surface area contributed by atoms with Crippen molar-refractivity contribution in [1.29, 1.82) is 0 Å². The van der Waals surface area contributed by atoms with Crippen LogP contribution in [-0.2, 0) is 4.79 Å². The molecule has 0 bridgehead atoms. The van der Waals surface area contributed by atoms with Gasteiger partial charge in [-0.1, -0.05) is 0 Å². The number of nitrogens with zero attached hydrogens (tertiary/aromatic N) is 2. The summed E-state index contributed by atoms with van der Waals surface area (Å²) < 4.78 is 0. The molecular weight excluding hydrogens is 228 g/mol. The van der Waals surface area contributed by atoms with Gasteiger partial charge in [-0.15, -0.1) is 0 Å². The fourth-order valence-electron chi connectivity index (χ4n) is 2.28. The molecule has 5 nitrogen and oxygen atoms in total. The molecule has 2 heterocycles. The molecular formula is C13H20N4O. The van der Waals surface area contributed by atoms with Crippen LogP contribution in [0.25, 0.3) is 0 Å². The summed E-state index contributed by atoms with van der Waals surface area (Å²) in [6.07, 6.45) is 5.41. The number of aromatic nitrogens is 1. The molecule has 1 aliphatic rings. The van der Waals surface area contributed by atoms with Crippen LogP contribution in [0.2, 0.25) is 0 Å². The number of pyridine rings is 1. The van der Waals surface area contributed by atoms with Crippen LogP contribution in [0.15, 0.2) is 18.3 Å². The molecule has 0 aromatic carbocycles. The zero-order valence-corrected chi connectivity index (χ0v) is 10.7. The van der Waals surface area contributed by atoms with Gasteiger partial charge in [0.05, 0.1) is 18.4 Å². The van der Waals surface area contributed by atoms with Crippen molar-refractivity contribution < 1.29 is 4.79 Å². The first-order valence-corrected chi connectivity index (χ1v) is 6.43. The predicted octanol–water partition coefficient (Wildman–Crippen LogP) is 1.36. The Balaban J connectivity index is 2.04. The van der Waals surface area contributed by atoms with E-state index in [0.29, 0.717) is 11.7 Å². The minimum atomic E-state index is -0.198. The van der Waals surface area contributed by atoms with E-state index in [0.717, 1.165) is 12.4 Å². The second-order valence-electron chi connectivity index (χ2n) is 4.70. The number of amides is 1. The van der Waals surface area contributed by atoms with Gasteiger partial charge in [0.1, 0.15) is 5.82 Å². The Morgan fingerprint density at radius 1 is 1.56 bits per heavy atom. The van der Waals surface area contributed by atoms with Crippen LogP contribution in [0.4, 0.5) is 11.5 Å². The number of nitrogens with two attached hydrogens (primary N) is 1. The van der Waals surface area contributed by atoms with Crippen molar-refractivity contribution in [3.8, 4) is 0 Å². The van der Waals surface area contributed by atoms with Crippen molar-refractivity contribution in [3.05, 3.63) is 18.3 Å². The van der Waals surface area contributed by atoms with E-state index in [1.54, 1.807) is 6.20 Å². The third kappa shape index (κ3) is 2.98. The molecule has 1 saturated heterocycles. The van der Waals surface area contributed by atoms with E-state index in [9.17, 15) is 4.79 Å². The molecule has 0 radical (unpaired) electrons. The van der Waals surface area contributed by atoms with Gasteiger partial charge in [0, 0.05) is 12.6 Å². The van der Waals surface area contributed by atoms with Crippen LogP contribution in [0, 0.1) is 0 Å². The zero-order valence-electron chi connectivity index (χ0n) is 10.7. The molecule has 1 aromatic rings. The maximum absolute atomic E-state index is 11.1. The predicted molar refractivity (Wildman–Crippen MR) is 72.6 cm³/mol. The number of anilines is 2. The van der Waals surface area contributed by atoms with Gasteiger partial charge in [-0.2, -0.15) is 0 Å². The Bertz CT molecular complexity index is 404. The summed E-state index contributed by atoms with van der Waals surface area (Å²) in [5, 5.41) is 2.69. The van der Waals surface area contributed by atoms with Gasteiger partial charge in [0.2, 0.25) is 5.91 Å². The summed E-state index contributed by atoms with van der Waals surface area (Å²) >= 11 is 0. The molecule has 1 fully saturated rings. The van der Waals surface area contributed by atoms with Crippen molar-refractivity contribution in [2.45, 2.75) is 32.2 Å². The lowest BCUT2D eigenvalue weighted by atomic mass is 10.0. The maximum atomic E-state index is 11.1. The highest BCUT2D eigenvalue weighted by Crippen LogP contribution is 2.23. The maximum Gasteiger partial charge on any atom is 0.238 e. The molecule has 0 saturated carbocycles.